The van der Waals surface area contributed by atoms with Crippen molar-refractivity contribution in [2.24, 2.45) is 0 Å². The standard InChI is InChI=1S/C27H36ClN3O4S/c1-5-24(27(33)29-22-12-6-7-13-22)30(17-21-11-8-10-19(2)16-21)26(32)18-31(36(4,34)35)25-15-9-14-23(28)20(25)3/h8-11,14-16,22,24H,5-7,12-13,17-18H2,1-4H3,(H,29,33)/t24-/m1/s1. The van der Waals surface area contributed by atoms with Crippen LogP contribution in [-0.2, 0) is 26.2 Å². The number of nitrogens with zero attached hydrogens (tertiary/aromatic N) is 2. The highest BCUT2D eigenvalue weighted by Crippen LogP contribution is 2.28. The van der Waals surface area contributed by atoms with E-state index in [9.17, 15) is 18.0 Å². The summed E-state index contributed by atoms with van der Waals surface area (Å²) in [4.78, 5) is 28.6. The van der Waals surface area contributed by atoms with Crippen LogP contribution in [-0.4, -0.2) is 50.0 Å². The number of anilines is 1. The summed E-state index contributed by atoms with van der Waals surface area (Å²) in [5.74, 6) is -0.648. The maximum absolute atomic E-state index is 13.8. The van der Waals surface area contributed by atoms with Crippen LogP contribution >= 0.6 is 11.6 Å². The Hall–Kier alpha value is -2.58. The van der Waals surface area contributed by atoms with Crippen LogP contribution in [0.4, 0.5) is 5.69 Å². The maximum Gasteiger partial charge on any atom is 0.244 e. The number of carbonyl (C=O) groups excluding carboxylic acids is 2. The molecular formula is C27H36ClN3O4S. The number of nitrogens with one attached hydrogen (secondary N) is 1. The quantitative estimate of drug-likeness (QED) is 0.484. The molecule has 2 aromatic rings. The molecule has 2 amide bonds. The number of hydrogen-bond acceptors (Lipinski definition) is 4. The zero-order valence-corrected chi connectivity index (χ0v) is 23.0. The molecule has 196 valence electrons. The highest BCUT2D eigenvalue weighted by Gasteiger charge is 2.33. The van der Waals surface area contributed by atoms with Crippen molar-refractivity contribution in [1.82, 2.24) is 10.2 Å². The van der Waals surface area contributed by atoms with Crippen molar-refractivity contribution >= 4 is 39.1 Å². The summed E-state index contributed by atoms with van der Waals surface area (Å²) in [6, 6.07) is 12.1. The fourth-order valence-corrected chi connectivity index (χ4v) is 5.82. The molecule has 0 radical (unpaired) electrons. The molecule has 9 heteroatoms. The first-order valence-corrected chi connectivity index (χ1v) is 14.6. The van der Waals surface area contributed by atoms with Crippen LogP contribution in [0.1, 0.15) is 55.7 Å². The van der Waals surface area contributed by atoms with E-state index in [0.717, 1.165) is 47.4 Å². The lowest BCUT2D eigenvalue weighted by Gasteiger charge is -2.33. The van der Waals surface area contributed by atoms with Gasteiger partial charge in [-0.2, -0.15) is 0 Å². The summed E-state index contributed by atoms with van der Waals surface area (Å²) >= 11 is 6.25. The number of aryl methyl sites for hydroxylation is 1. The summed E-state index contributed by atoms with van der Waals surface area (Å²) in [6.45, 7) is 5.31. The number of carbonyl (C=O) groups is 2. The Labute approximate surface area is 219 Å². The van der Waals surface area contributed by atoms with Crippen LogP contribution in [0, 0.1) is 13.8 Å². The smallest absolute Gasteiger partial charge is 0.244 e. The molecule has 0 aliphatic heterocycles. The van der Waals surface area contributed by atoms with Crippen LogP contribution in [0.3, 0.4) is 0 Å². The summed E-state index contributed by atoms with van der Waals surface area (Å²) < 4.78 is 26.7. The van der Waals surface area contributed by atoms with Crippen molar-refractivity contribution in [3.8, 4) is 0 Å². The van der Waals surface area contributed by atoms with Crippen LogP contribution in [0.2, 0.25) is 5.02 Å². The number of hydrogen-bond donors (Lipinski definition) is 1. The molecule has 0 bridgehead atoms. The largest absolute Gasteiger partial charge is 0.352 e. The lowest BCUT2D eigenvalue weighted by Crippen LogP contribution is -2.53. The minimum absolute atomic E-state index is 0.115. The van der Waals surface area contributed by atoms with Crippen molar-refractivity contribution in [2.75, 3.05) is 17.1 Å². The molecule has 1 atom stereocenters. The van der Waals surface area contributed by atoms with Gasteiger partial charge in [0.05, 0.1) is 11.9 Å². The van der Waals surface area contributed by atoms with E-state index in [1.54, 1.807) is 25.1 Å². The van der Waals surface area contributed by atoms with Gasteiger partial charge in [-0.15, -0.1) is 0 Å². The molecule has 1 N–H and O–H groups in total. The molecular weight excluding hydrogens is 498 g/mol. The second kappa shape index (κ2) is 12.1. The van der Waals surface area contributed by atoms with Crippen LogP contribution < -0.4 is 9.62 Å². The van der Waals surface area contributed by atoms with Crippen LogP contribution in [0.15, 0.2) is 42.5 Å². The number of halogens is 1. The van der Waals surface area contributed by atoms with Gasteiger partial charge in [0.2, 0.25) is 21.8 Å². The fraction of sp³-hybridized carbons (Fsp3) is 0.481. The van der Waals surface area contributed by atoms with Gasteiger partial charge in [0.25, 0.3) is 0 Å². The molecule has 1 aliphatic carbocycles. The molecule has 1 aliphatic rings. The molecule has 2 aromatic carbocycles. The van der Waals surface area contributed by atoms with E-state index >= 15 is 0 Å². The Kier molecular flexibility index (Phi) is 9.41. The number of benzene rings is 2. The molecule has 36 heavy (non-hydrogen) atoms. The normalized spacial score (nSPS) is 14.9. The molecule has 7 nitrogen and oxygen atoms in total. The first kappa shape index (κ1) is 28.0. The lowest BCUT2D eigenvalue weighted by molar-refractivity contribution is -0.140. The predicted molar refractivity (Wildman–Crippen MR) is 145 cm³/mol. The second-order valence-electron chi connectivity index (χ2n) is 9.58. The minimum Gasteiger partial charge on any atom is -0.352 e. The van der Waals surface area contributed by atoms with Gasteiger partial charge >= 0.3 is 0 Å². The molecule has 3 rings (SSSR count). The zero-order valence-electron chi connectivity index (χ0n) is 21.5. The Morgan fingerprint density at radius 2 is 1.78 bits per heavy atom. The van der Waals surface area contributed by atoms with E-state index in [4.69, 9.17) is 11.6 Å². The van der Waals surface area contributed by atoms with Crippen molar-refractivity contribution in [1.29, 1.82) is 0 Å². The molecule has 0 aromatic heterocycles. The monoisotopic (exact) mass is 533 g/mol. The predicted octanol–water partition coefficient (Wildman–Crippen LogP) is 4.59. The van der Waals surface area contributed by atoms with Gasteiger partial charge in [-0.1, -0.05) is 67.3 Å². The third-order valence-corrected chi connectivity index (χ3v) is 8.25. The van der Waals surface area contributed by atoms with Crippen molar-refractivity contribution in [3.63, 3.8) is 0 Å². The first-order chi connectivity index (χ1) is 17.0. The maximum atomic E-state index is 13.8. The fourth-order valence-electron chi connectivity index (χ4n) is 4.76. The van der Waals surface area contributed by atoms with Gasteiger partial charge in [-0.25, -0.2) is 8.42 Å². The van der Waals surface area contributed by atoms with Crippen molar-refractivity contribution in [3.05, 3.63) is 64.2 Å². The Morgan fingerprint density at radius 3 is 2.39 bits per heavy atom. The summed E-state index contributed by atoms with van der Waals surface area (Å²) in [7, 11) is -3.81. The third kappa shape index (κ3) is 7.01. The Balaban J connectivity index is 1.95. The third-order valence-electron chi connectivity index (χ3n) is 6.71. The SMILES string of the molecule is CC[C@H](C(=O)NC1CCCC1)N(Cc1cccc(C)c1)C(=O)CN(c1cccc(Cl)c1C)S(C)(=O)=O. The molecule has 0 unspecified atom stereocenters. The summed E-state index contributed by atoms with van der Waals surface area (Å²) in [5, 5.41) is 3.52. The van der Waals surface area contributed by atoms with Gasteiger partial charge in [0.1, 0.15) is 12.6 Å². The van der Waals surface area contributed by atoms with E-state index in [1.165, 1.54) is 4.90 Å². The van der Waals surface area contributed by atoms with Crippen molar-refractivity contribution < 1.29 is 18.0 Å². The van der Waals surface area contributed by atoms with Gasteiger partial charge in [-0.3, -0.25) is 13.9 Å². The van der Waals surface area contributed by atoms with E-state index in [1.807, 2.05) is 38.1 Å². The first-order valence-electron chi connectivity index (χ1n) is 12.4. The highest BCUT2D eigenvalue weighted by atomic mass is 35.5. The Bertz CT molecular complexity index is 1200. The second-order valence-corrected chi connectivity index (χ2v) is 11.9. The van der Waals surface area contributed by atoms with E-state index in [2.05, 4.69) is 5.32 Å². The average molecular weight is 534 g/mol. The van der Waals surface area contributed by atoms with E-state index < -0.39 is 28.5 Å². The molecule has 0 saturated heterocycles. The van der Waals surface area contributed by atoms with Crippen molar-refractivity contribution in [2.45, 2.75) is 71.5 Å². The average Bonchev–Trinajstić information content (AvgIpc) is 3.31. The van der Waals surface area contributed by atoms with E-state index in [-0.39, 0.29) is 18.5 Å². The van der Waals surface area contributed by atoms with Crippen LogP contribution in [0.25, 0.3) is 0 Å². The van der Waals surface area contributed by atoms with Crippen LogP contribution in [0.5, 0.6) is 0 Å². The zero-order chi connectivity index (χ0) is 26.5. The highest BCUT2D eigenvalue weighted by molar-refractivity contribution is 7.92. The minimum atomic E-state index is -3.81. The van der Waals surface area contributed by atoms with Gasteiger partial charge in [0.15, 0.2) is 0 Å². The Morgan fingerprint density at radius 1 is 1.11 bits per heavy atom. The van der Waals surface area contributed by atoms with E-state index in [0.29, 0.717) is 22.7 Å². The summed E-state index contributed by atoms with van der Waals surface area (Å²) in [5.41, 5.74) is 2.82. The number of amides is 2. The molecule has 1 fully saturated rings. The van der Waals surface area contributed by atoms with Gasteiger partial charge in [-0.05, 0) is 56.4 Å². The molecule has 0 spiro atoms. The molecule has 0 heterocycles. The number of sulfonamides is 1. The van der Waals surface area contributed by atoms with Gasteiger partial charge < -0.3 is 10.2 Å². The molecule has 1 saturated carbocycles. The lowest BCUT2D eigenvalue weighted by atomic mass is 10.1. The summed E-state index contributed by atoms with van der Waals surface area (Å²) in [6.07, 6.45) is 5.50. The number of rotatable bonds is 10. The topological polar surface area (TPSA) is 86.8 Å². The van der Waals surface area contributed by atoms with Gasteiger partial charge in [0, 0.05) is 17.6 Å².